The first kappa shape index (κ1) is 25.4. The minimum atomic E-state index is -1.49. The molecule has 4 aliphatic heterocycles. The van der Waals surface area contributed by atoms with Gasteiger partial charge in [-0.3, -0.25) is 34.3 Å². The lowest BCUT2D eigenvalue weighted by Gasteiger charge is -2.50. The summed E-state index contributed by atoms with van der Waals surface area (Å²) in [7, 11) is 2.74. The zero-order valence-electron chi connectivity index (χ0n) is 21.6. The molecule has 0 unspecified atom stereocenters. The van der Waals surface area contributed by atoms with Crippen molar-refractivity contribution in [2.24, 2.45) is 5.41 Å². The Kier molecular flexibility index (Phi) is 5.61. The van der Waals surface area contributed by atoms with Crippen molar-refractivity contribution in [2.45, 2.75) is 25.3 Å². The van der Waals surface area contributed by atoms with Crippen molar-refractivity contribution >= 4 is 53.1 Å². The molecule has 0 bridgehead atoms. The van der Waals surface area contributed by atoms with Gasteiger partial charge in [0.1, 0.15) is 11.4 Å². The Morgan fingerprint density at radius 3 is 2.30 bits per heavy atom. The number of barbiturate groups is 2. The summed E-state index contributed by atoms with van der Waals surface area (Å²) in [6.45, 7) is 0.622. The summed E-state index contributed by atoms with van der Waals surface area (Å²) in [5.41, 5.74) is 0.208. The summed E-state index contributed by atoms with van der Waals surface area (Å²) < 4.78 is 13.4. The molecule has 3 saturated heterocycles. The van der Waals surface area contributed by atoms with Crippen LogP contribution in [0.4, 0.5) is 25.4 Å². The van der Waals surface area contributed by atoms with Gasteiger partial charge in [0.2, 0.25) is 11.8 Å². The fourth-order valence-electron chi connectivity index (χ4n) is 6.28. The number of anilines is 2. The molecule has 3 fully saturated rings. The van der Waals surface area contributed by atoms with Gasteiger partial charge in [0.15, 0.2) is 5.41 Å². The quantitative estimate of drug-likeness (QED) is 0.348. The highest BCUT2D eigenvalue weighted by Crippen LogP contribution is 2.49. The van der Waals surface area contributed by atoms with Crippen molar-refractivity contribution in [3.8, 4) is 0 Å². The van der Waals surface area contributed by atoms with Crippen LogP contribution in [0.2, 0.25) is 0 Å². The molecule has 8 amide bonds. The van der Waals surface area contributed by atoms with Crippen LogP contribution >= 0.6 is 0 Å². The number of carbonyl (C=O) groups is 6. The lowest BCUT2D eigenvalue weighted by molar-refractivity contribution is -0.159. The van der Waals surface area contributed by atoms with E-state index in [4.69, 9.17) is 0 Å². The van der Waals surface area contributed by atoms with Gasteiger partial charge in [0, 0.05) is 26.3 Å². The van der Waals surface area contributed by atoms with E-state index < -0.39 is 53.0 Å². The van der Waals surface area contributed by atoms with E-state index in [0.717, 1.165) is 38.9 Å². The molecule has 0 radical (unpaired) electrons. The highest BCUT2D eigenvalue weighted by Gasteiger charge is 2.63. The molecule has 2 aromatic rings. The monoisotopic (exact) mass is 545 g/mol. The van der Waals surface area contributed by atoms with Gasteiger partial charge < -0.3 is 4.90 Å². The third-order valence-electron chi connectivity index (χ3n) is 8.15. The molecule has 4 aliphatic rings. The Labute approximate surface area is 227 Å². The largest absolute Gasteiger partial charge is 0.367 e. The van der Waals surface area contributed by atoms with E-state index in [1.165, 1.54) is 32.3 Å². The Bertz CT molecular complexity index is 1540. The molecule has 1 spiro atoms. The molecule has 2 aromatic carbocycles. The zero-order valence-corrected chi connectivity index (χ0v) is 21.6. The maximum atomic E-state index is 13.6. The van der Waals surface area contributed by atoms with Crippen LogP contribution in [0.1, 0.15) is 24.0 Å². The minimum absolute atomic E-state index is 0.0421. The van der Waals surface area contributed by atoms with Crippen LogP contribution in [0.3, 0.4) is 0 Å². The van der Waals surface area contributed by atoms with Gasteiger partial charge in [-0.05, 0) is 72.9 Å². The van der Waals surface area contributed by atoms with Crippen LogP contribution in [0.5, 0.6) is 0 Å². The number of fused-ring (bicyclic) bond motifs is 4. The summed E-state index contributed by atoms with van der Waals surface area (Å²) in [6, 6.07) is 7.87. The number of nitrogens with one attached hydrogen (secondary N) is 1. The minimum Gasteiger partial charge on any atom is -0.367 e. The van der Waals surface area contributed by atoms with E-state index in [-0.39, 0.29) is 17.7 Å². The topological polar surface area (TPSA) is 127 Å². The second kappa shape index (κ2) is 8.83. The third kappa shape index (κ3) is 3.48. The molecule has 0 aliphatic carbocycles. The zero-order chi connectivity index (χ0) is 28.5. The molecular formula is C28H24FN5O6. The highest BCUT2D eigenvalue weighted by molar-refractivity contribution is 6.39. The molecule has 204 valence electrons. The van der Waals surface area contributed by atoms with E-state index in [9.17, 15) is 33.2 Å². The van der Waals surface area contributed by atoms with Crippen molar-refractivity contribution in [3.05, 3.63) is 65.0 Å². The van der Waals surface area contributed by atoms with Gasteiger partial charge in [-0.15, -0.1) is 0 Å². The fourth-order valence-corrected chi connectivity index (χ4v) is 6.28. The predicted octanol–water partition coefficient (Wildman–Crippen LogP) is 2.05. The molecule has 1 atom stereocenters. The summed E-state index contributed by atoms with van der Waals surface area (Å²) in [5.74, 6) is -3.43. The Morgan fingerprint density at radius 2 is 1.62 bits per heavy atom. The average molecular weight is 546 g/mol. The summed E-state index contributed by atoms with van der Waals surface area (Å²) in [4.78, 5) is 82.8. The van der Waals surface area contributed by atoms with Crippen LogP contribution in [0.15, 0.2) is 48.0 Å². The summed E-state index contributed by atoms with van der Waals surface area (Å²) >= 11 is 0. The molecule has 40 heavy (non-hydrogen) atoms. The number of benzene rings is 2. The van der Waals surface area contributed by atoms with E-state index >= 15 is 0 Å². The molecule has 12 heteroatoms. The van der Waals surface area contributed by atoms with Crippen LogP contribution in [-0.2, 0) is 25.6 Å². The Morgan fingerprint density at radius 1 is 0.950 bits per heavy atom. The first-order valence-corrected chi connectivity index (χ1v) is 12.7. The SMILES string of the molecule is CN1C(=O)N(C)C(=O)C2(Cc3cc(/C=C4\C(=O)NC(=O)N(c5ccc(F)cc5)C4=O)ccc3N3CCC[C@@H]32)C1=O. The van der Waals surface area contributed by atoms with E-state index in [0.29, 0.717) is 24.1 Å². The molecule has 0 saturated carbocycles. The number of nitrogens with zero attached hydrogens (tertiary/aromatic N) is 4. The lowest BCUT2D eigenvalue weighted by atomic mass is 9.68. The molecule has 1 N–H and O–H groups in total. The van der Waals surface area contributed by atoms with Crippen LogP contribution in [0.25, 0.3) is 6.08 Å². The fraction of sp³-hybridized carbons (Fsp3) is 0.286. The maximum absolute atomic E-state index is 13.6. The molecule has 0 aromatic heterocycles. The molecule has 4 heterocycles. The Balaban J connectivity index is 1.40. The van der Waals surface area contributed by atoms with Gasteiger partial charge in [-0.25, -0.2) is 18.9 Å². The number of urea groups is 2. The van der Waals surface area contributed by atoms with Gasteiger partial charge in [-0.1, -0.05) is 6.07 Å². The van der Waals surface area contributed by atoms with Gasteiger partial charge in [0.25, 0.3) is 11.8 Å². The number of amides is 8. The van der Waals surface area contributed by atoms with Crippen molar-refractivity contribution in [3.63, 3.8) is 0 Å². The normalized spacial score (nSPS) is 23.3. The smallest absolute Gasteiger partial charge is 0.335 e. The lowest BCUT2D eigenvalue weighted by Crippen LogP contribution is -2.70. The summed E-state index contributed by atoms with van der Waals surface area (Å²) in [6.07, 6.45) is 2.75. The van der Waals surface area contributed by atoms with Crippen molar-refractivity contribution in [2.75, 3.05) is 30.4 Å². The highest BCUT2D eigenvalue weighted by atomic mass is 19.1. The van der Waals surface area contributed by atoms with E-state index in [1.54, 1.807) is 12.1 Å². The number of carbonyl (C=O) groups excluding carboxylic acids is 6. The van der Waals surface area contributed by atoms with Gasteiger partial charge in [-0.2, -0.15) is 0 Å². The van der Waals surface area contributed by atoms with E-state index in [2.05, 4.69) is 5.32 Å². The summed E-state index contributed by atoms with van der Waals surface area (Å²) in [5, 5.41) is 2.13. The number of imide groups is 4. The van der Waals surface area contributed by atoms with E-state index in [1.807, 2.05) is 11.0 Å². The van der Waals surface area contributed by atoms with Crippen LogP contribution in [0, 0.1) is 11.2 Å². The van der Waals surface area contributed by atoms with Crippen molar-refractivity contribution in [1.82, 2.24) is 15.1 Å². The van der Waals surface area contributed by atoms with Crippen molar-refractivity contribution < 1.29 is 33.2 Å². The predicted molar refractivity (Wildman–Crippen MR) is 139 cm³/mol. The standard InChI is InChI=1S/C28H24FN5O6/c1-31-24(37)28(25(38)32(2)27(31)40)14-16-12-15(5-10-20(16)33-11-3-4-21(28)33)13-19-22(35)30-26(39)34(23(19)36)18-8-6-17(29)7-9-18/h5-10,12-13,21H,3-4,11,14H2,1-2H3,(H,30,35,39)/b19-13+/t21-/m1/s1. The molecule has 11 nitrogen and oxygen atoms in total. The Hall–Kier alpha value is -4.87. The maximum Gasteiger partial charge on any atom is 0.335 e. The number of rotatable bonds is 2. The first-order valence-electron chi connectivity index (χ1n) is 12.7. The first-order chi connectivity index (χ1) is 19.0. The second-order valence-corrected chi connectivity index (χ2v) is 10.3. The number of halogens is 1. The average Bonchev–Trinajstić information content (AvgIpc) is 3.44. The van der Waals surface area contributed by atoms with Crippen molar-refractivity contribution in [1.29, 1.82) is 0 Å². The van der Waals surface area contributed by atoms with Gasteiger partial charge in [0.05, 0.1) is 11.7 Å². The third-order valence-corrected chi connectivity index (χ3v) is 8.15. The van der Waals surface area contributed by atoms with Gasteiger partial charge >= 0.3 is 12.1 Å². The number of hydrogen-bond donors (Lipinski definition) is 1. The molecular weight excluding hydrogens is 521 g/mol. The van der Waals surface area contributed by atoms with Crippen LogP contribution < -0.4 is 15.1 Å². The molecule has 6 rings (SSSR count). The number of hydrogen-bond acceptors (Lipinski definition) is 7. The van der Waals surface area contributed by atoms with Crippen LogP contribution in [-0.4, -0.2) is 72.2 Å². The second-order valence-electron chi connectivity index (χ2n) is 10.3.